The summed E-state index contributed by atoms with van der Waals surface area (Å²) in [5.41, 5.74) is 7.87. The number of phenols is 1. The zero-order valence-electron chi connectivity index (χ0n) is 61.8. The predicted octanol–water partition coefficient (Wildman–Crippen LogP) is 7.59. The van der Waals surface area contributed by atoms with Crippen LogP contribution in [0.25, 0.3) is 22.3 Å². The monoisotopic (exact) mass is 1630 g/mol. The van der Waals surface area contributed by atoms with Crippen molar-refractivity contribution in [3.05, 3.63) is 187 Å². The molecule has 2 fully saturated rings. The van der Waals surface area contributed by atoms with E-state index >= 15 is 14.4 Å². The van der Waals surface area contributed by atoms with Crippen LogP contribution in [0.4, 0.5) is 0 Å². The second-order valence-corrected chi connectivity index (χ2v) is 32.1. The van der Waals surface area contributed by atoms with Crippen molar-refractivity contribution in [3.8, 4) is 56.8 Å². The molecule has 31 heteroatoms. The summed E-state index contributed by atoms with van der Waals surface area (Å²) in [6.45, 7) is 6.10. The normalized spacial score (nSPS) is 27.9. The van der Waals surface area contributed by atoms with Gasteiger partial charge in [-0.15, -0.1) is 0 Å². The lowest BCUT2D eigenvalue weighted by atomic mass is 9.80. The second kappa shape index (κ2) is 33.7. The van der Waals surface area contributed by atoms with Crippen molar-refractivity contribution >= 4 is 87.1 Å². The number of rotatable bonds is 16. The molecule has 4 amide bonds. The number of hydrogen-bond donors (Lipinski definition) is 15. The van der Waals surface area contributed by atoms with E-state index in [2.05, 4.69) is 26.6 Å². The molecule has 0 spiro atoms. The number of ether oxygens (including phenoxy) is 6. The number of phenolic OH excluding ortho intramolecular Hbond substituents is 1. The van der Waals surface area contributed by atoms with Gasteiger partial charge in [-0.05, 0) is 162 Å². The first kappa shape index (κ1) is 82.4. The number of benzene rings is 7. The Labute approximate surface area is 669 Å². The minimum absolute atomic E-state index is 0.00341. The van der Waals surface area contributed by atoms with E-state index in [1.54, 1.807) is 26.0 Å². The summed E-state index contributed by atoms with van der Waals surface area (Å²) in [6, 6.07) is 28.0. The topological polar surface area (TPSA) is 426 Å². The van der Waals surface area contributed by atoms with E-state index in [-0.39, 0.29) is 114 Å². The zero-order valence-corrected chi connectivity index (χ0v) is 64.9. The van der Waals surface area contributed by atoms with Gasteiger partial charge < -0.3 is 107 Å². The first-order valence-corrected chi connectivity index (χ1v) is 38.5. The maximum Gasteiger partial charge on any atom is 0.237 e. The van der Waals surface area contributed by atoms with E-state index in [0.29, 0.717) is 5.02 Å². The maximum atomic E-state index is 15.8. The number of hydrogen-bond acceptors (Lipinski definition) is 24. The minimum atomic E-state index is -2.72. The van der Waals surface area contributed by atoms with E-state index in [9.17, 15) is 60.3 Å². The van der Waals surface area contributed by atoms with Crippen molar-refractivity contribution in [2.75, 3.05) is 13.7 Å². The molecule has 0 aromatic heterocycles. The highest BCUT2D eigenvalue weighted by atomic mass is 35.5. The lowest BCUT2D eigenvalue weighted by molar-refractivity contribution is -0.334. The van der Waals surface area contributed by atoms with Gasteiger partial charge in [0.2, 0.25) is 41.5 Å². The Morgan fingerprint density at radius 3 is 1.99 bits per heavy atom. The highest BCUT2D eigenvalue weighted by Gasteiger charge is 2.53. The number of primary amides is 1. The summed E-state index contributed by atoms with van der Waals surface area (Å²) in [6.07, 6.45) is -19.2. The number of likely N-dealkylation sites (N-methyl/N-ethyl adjacent to an activating group) is 1. The number of aliphatic hydroxyl groups is 8. The molecule has 11 bridgehead atoms. The summed E-state index contributed by atoms with van der Waals surface area (Å²) in [4.78, 5) is 88.9. The smallest absolute Gasteiger partial charge is 0.237 e. The molecule has 2 saturated heterocycles. The average Bonchev–Trinajstić information content (AvgIpc) is 1.57. The van der Waals surface area contributed by atoms with Crippen molar-refractivity contribution < 1.29 is 103 Å². The molecule has 113 heavy (non-hydrogen) atoms. The first-order valence-electron chi connectivity index (χ1n) is 37.0. The van der Waals surface area contributed by atoms with E-state index < -0.39 is 193 Å². The van der Waals surface area contributed by atoms with Gasteiger partial charge in [0.25, 0.3) is 0 Å². The number of nitrogens with two attached hydrogens (primary N) is 1. The fraction of sp³-hybridized carbons (Fsp3) is 0.402. The van der Waals surface area contributed by atoms with Gasteiger partial charge in [-0.2, -0.15) is 0 Å². The predicted molar refractivity (Wildman–Crippen MR) is 415 cm³/mol. The SMILES string of the molecule is CNC(CC(C)C)C(=O)NC1C(=O)CC(CC(N)=O)C(=O)NC2C(=S)CC3C(=O)CC(C(=O)NCc4cc(O)cc5c4-c4cc3ccc4C5(O)O)C(O)c3ccc(c(Cl)c3)Oc3cc2cc(c3OC2OC(CO)C(O)C(O)C2OC2CC(C)(NCc3ccc(-c4ccc(Cl)cc4)cc3)C(O)C(C)O2)Oc2ccc(cc2Cl)C1O. The summed E-state index contributed by atoms with van der Waals surface area (Å²) >= 11 is 27.1. The minimum Gasteiger partial charge on any atom is -0.508 e. The lowest BCUT2D eigenvalue weighted by Gasteiger charge is -2.48. The number of aliphatic hydroxyl groups excluding tert-OH is 6. The largest absolute Gasteiger partial charge is 0.508 e. The van der Waals surface area contributed by atoms with E-state index in [1.807, 2.05) is 50.2 Å². The molecule has 15 rings (SSSR count). The molecule has 598 valence electrons. The Hall–Kier alpha value is -8.60. The van der Waals surface area contributed by atoms with Crippen LogP contribution < -0.4 is 46.5 Å². The summed E-state index contributed by atoms with van der Waals surface area (Å²) < 4.78 is 40.1. The van der Waals surface area contributed by atoms with Crippen molar-refractivity contribution in [1.82, 2.24) is 26.6 Å². The number of halogens is 3. The van der Waals surface area contributed by atoms with Gasteiger partial charge in [-0.3, -0.25) is 28.8 Å². The van der Waals surface area contributed by atoms with Crippen LogP contribution in [-0.2, 0) is 61.9 Å². The molecule has 7 heterocycles. The number of thiocarbonyl (C=S) groups is 1. The van der Waals surface area contributed by atoms with Crippen LogP contribution in [0.5, 0.6) is 34.5 Å². The second-order valence-electron chi connectivity index (χ2n) is 30.3. The third-order valence-electron chi connectivity index (χ3n) is 21.9. The number of carbonyl (C=O) groups excluding carboxylic acids is 6. The number of amides is 4. The number of nitrogens with one attached hydrogen (secondary N) is 5. The van der Waals surface area contributed by atoms with Crippen LogP contribution in [0, 0.1) is 17.8 Å². The van der Waals surface area contributed by atoms with Gasteiger partial charge in [0, 0.05) is 71.2 Å². The van der Waals surface area contributed by atoms with Crippen molar-refractivity contribution in [3.63, 3.8) is 0 Å². The Bertz CT molecular complexity index is 4850. The highest BCUT2D eigenvalue weighted by Crippen LogP contribution is 2.53. The molecule has 7 aromatic carbocycles. The first-order chi connectivity index (χ1) is 53.7. The van der Waals surface area contributed by atoms with E-state index in [1.165, 1.54) is 79.8 Å². The molecular weight excluding hydrogens is 1540 g/mol. The maximum absolute atomic E-state index is 15.8. The Morgan fingerprint density at radius 1 is 0.735 bits per heavy atom. The van der Waals surface area contributed by atoms with E-state index in [4.69, 9.17) is 81.2 Å². The lowest BCUT2D eigenvalue weighted by Crippen LogP contribution is -2.65. The molecule has 0 saturated carbocycles. The molecule has 27 nitrogen and oxygen atoms in total. The van der Waals surface area contributed by atoms with Crippen molar-refractivity contribution in [1.29, 1.82) is 0 Å². The van der Waals surface area contributed by atoms with Crippen LogP contribution in [0.15, 0.2) is 127 Å². The van der Waals surface area contributed by atoms with Crippen molar-refractivity contribution in [2.24, 2.45) is 23.5 Å². The average molecular weight is 1630 g/mol. The molecule has 0 radical (unpaired) electrons. The molecule has 7 aromatic rings. The van der Waals surface area contributed by atoms with Crippen LogP contribution in [0.2, 0.25) is 15.1 Å². The van der Waals surface area contributed by atoms with Gasteiger partial charge >= 0.3 is 0 Å². The molecule has 7 aliphatic heterocycles. The molecule has 8 aliphatic rings. The van der Waals surface area contributed by atoms with Gasteiger partial charge in [0.1, 0.15) is 53.5 Å². The quantitative estimate of drug-likeness (QED) is 0.0327. The summed E-state index contributed by atoms with van der Waals surface area (Å²) in [7, 11) is 1.54. The third-order valence-corrected chi connectivity index (χ3v) is 23.2. The number of ketones is 2. The van der Waals surface area contributed by atoms with Crippen LogP contribution in [-0.4, -0.2) is 166 Å². The molecular formula is C82H87Cl3N6O21S. The van der Waals surface area contributed by atoms with Gasteiger partial charge in [-0.25, -0.2) is 0 Å². The number of Topliss-reactive ketones (excluding diaryl/α,β-unsaturated/α-hetero) is 2. The van der Waals surface area contributed by atoms with Gasteiger partial charge in [0.15, 0.2) is 29.7 Å². The van der Waals surface area contributed by atoms with Gasteiger partial charge in [-0.1, -0.05) is 122 Å². The van der Waals surface area contributed by atoms with Crippen LogP contribution >= 0.6 is 47.0 Å². The molecule has 16 N–H and O–H groups in total. The molecule has 17 atom stereocenters. The number of aromatic hydroxyl groups is 1. The molecule has 17 unspecified atom stereocenters. The van der Waals surface area contributed by atoms with Gasteiger partial charge in [0.05, 0.1) is 58.9 Å². The standard InChI is InChI=1S/C82H87Cl3N6O21S/c1-36(2)20-56(87-5)79(104)91-69-58(95)25-45(28-65(86)96)77(102)90-68-44-26-61(108-59-18-13-42(23-54(59)84)70(97)51-30-57(94)49(31-64(68)113)41-12-17-52-50(22-41)67-46(34-88-78(51)103)21-48(93)29-53(67)82(52,105)106)74(62(27-44)109-60-19-14-43(71(69)98)24-55(60)85)112-80-75(73(100)72(99)63(35-92)110-80)111-66-32-81(4,76(101)37(3)107-66)89-33-38-6-8-39(9-7-38)40-10-15-47(83)16-11-40/h6-19,21-24,26-27,29,36-37,45,49,51,56,63,66,68-73,75-76,80,87,89,92-93,97-101,105-106H,20,25,28,30-35H2,1-5H3,(H2,86,96)(H,88,103)(H,90,102)(H,91,104). The summed E-state index contributed by atoms with van der Waals surface area (Å²) in [5, 5.41) is 122. The Kier molecular flexibility index (Phi) is 24.6. The zero-order chi connectivity index (χ0) is 81.0. The number of fused-ring (bicyclic) bond motifs is 12. The fourth-order valence-electron chi connectivity index (χ4n) is 15.7. The van der Waals surface area contributed by atoms with Crippen molar-refractivity contribution in [2.45, 2.75) is 176 Å². The Morgan fingerprint density at radius 2 is 1.37 bits per heavy atom. The van der Waals surface area contributed by atoms with Crippen LogP contribution in [0.3, 0.4) is 0 Å². The molecule has 1 aliphatic carbocycles. The number of carbonyl (C=O) groups is 6. The fourth-order valence-corrected chi connectivity index (χ4v) is 16.7. The highest BCUT2D eigenvalue weighted by molar-refractivity contribution is 7.80. The Balaban J connectivity index is 0.973. The summed E-state index contributed by atoms with van der Waals surface area (Å²) in [5.74, 6) is -15.1. The van der Waals surface area contributed by atoms with E-state index in [0.717, 1.165) is 22.8 Å². The van der Waals surface area contributed by atoms with Crippen LogP contribution in [0.1, 0.15) is 135 Å². The third kappa shape index (κ3) is 17.2.